The van der Waals surface area contributed by atoms with Crippen LogP contribution < -0.4 is 9.46 Å². The van der Waals surface area contributed by atoms with Gasteiger partial charge in [0.05, 0.1) is 4.90 Å². The van der Waals surface area contributed by atoms with Crippen molar-refractivity contribution in [3.05, 3.63) is 46.4 Å². The lowest BCUT2D eigenvalue weighted by molar-refractivity contribution is -0.139. The van der Waals surface area contributed by atoms with E-state index in [4.69, 9.17) is 9.84 Å². The van der Waals surface area contributed by atoms with Crippen LogP contribution in [0, 0.1) is 5.82 Å². The number of rotatable bonds is 7. The summed E-state index contributed by atoms with van der Waals surface area (Å²) in [5.41, 5.74) is 0. The standard InChI is InChI=1S/C13H12FNO5S2/c14-11-6-10(3-4-12(11)20-8-13(16)17)22(18,19)15-7-9-2-1-5-21-9/h1-6,15H,7-8H2,(H,16,17). The Labute approximate surface area is 130 Å². The largest absolute Gasteiger partial charge is 0.479 e. The minimum absolute atomic E-state index is 0.110. The molecule has 0 aliphatic rings. The van der Waals surface area contributed by atoms with E-state index < -0.39 is 28.4 Å². The lowest BCUT2D eigenvalue weighted by Gasteiger charge is -2.08. The highest BCUT2D eigenvalue weighted by molar-refractivity contribution is 7.89. The Morgan fingerprint density at radius 1 is 1.36 bits per heavy atom. The predicted octanol–water partition coefficient (Wildman–Crippen LogP) is 1.83. The second-order valence-electron chi connectivity index (χ2n) is 4.18. The van der Waals surface area contributed by atoms with E-state index in [0.717, 1.165) is 23.1 Å². The molecule has 2 aromatic rings. The molecule has 9 heteroatoms. The van der Waals surface area contributed by atoms with Gasteiger partial charge in [-0.2, -0.15) is 0 Å². The van der Waals surface area contributed by atoms with Crippen LogP contribution >= 0.6 is 11.3 Å². The summed E-state index contributed by atoms with van der Waals surface area (Å²) < 4.78 is 44.9. The van der Waals surface area contributed by atoms with Crippen LogP contribution in [0.3, 0.4) is 0 Å². The number of carboxylic acid groups (broad SMARTS) is 1. The average molecular weight is 345 g/mol. The third-order valence-electron chi connectivity index (χ3n) is 2.58. The second-order valence-corrected chi connectivity index (χ2v) is 6.98. The SMILES string of the molecule is O=C(O)COc1ccc(S(=O)(=O)NCc2cccs2)cc1F. The van der Waals surface area contributed by atoms with E-state index in [-0.39, 0.29) is 17.2 Å². The van der Waals surface area contributed by atoms with Gasteiger partial charge >= 0.3 is 5.97 Å². The summed E-state index contributed by atoms with van der Waals surface area (Å²) in [5.74, 6) is -2.52. The number of carbonyl (C=O) groups is 1. The number of halogens is 1. The van der Waals surface area contributed by atoms with Gasteiger partial charge in [0, 0.05) is 11.4 Å². The van der Waals surface area contributed by atoms with Gasteiger partial charge in [-0.1, -0.05) is 6.07 Å². The first-order chi connectivity index (χ1) is 10.4. The highest BCUT2D eigenvalue weighted by atomic mass is 32.2. The van der Waals surface area contributed by atoms with Crippen LogP contribution in [0.4, 0.5) is 4.39 Å². The number of ether oxygens (including phenoxy) is 1. The van der Waals surface area contributed by atoms with Gasteiger partial charge in [0.2, 0.25) is 10.0 Å². The van der Waals surface area contributed by atoms with Crippen molar-refractivity contribution in [2.75, 3.05) is 6.61 Å². The van der Waals surface area contributed by atoms with E-state index in [1.807, 2.05) is 5.38 Å². The number of sulfonamides is 1. The fraction of sp³-hybridized carbons (Fsp3) is 0.154. The lowest BCUT2D eigenvalue weighted by Crippen LogP contribution is -2.23. The molecule has 0 spiro atoms. The molecule has 1 heterocycles. The van der Waals surface area contributed by atoms with E-state index in [0.29, 0.717) is 0 Å². The Kier molecular flexibility index (Phi) is 5.11. The molecule has 2 N–H and O–H groups in total. The molecular weight excluding hydrogens is 333 g/mol. The van der Waals surface area contributed by atoms with Gasteiger partial charge in [-0.05, 0) is 29.6 Å². The van der Waals surface area contributed by atoms with Gasteiger partial charge in [-0.3, -0.25) is 0 Å². The molecule has 2 rings (SSSR count). The summed E-state index contributed by atoms with van der Waals surface area (Å²) >= 11 is 1.40. The summed E-state index contributed by atoms with van der Waals surface area (Å²) in [7, 11) is -3.86. The molecule has 0 radical (unpaired) electrons. The molecule has 22 heavy (non-hydrogen) atoms. The van der Waals surface area contributed by atoms with E-state index in [2.05, 4.69) is 4.72 Å². The van der Waals surface area contributed by atoms with Crippen LogP contribution in [0.1, 0.15) is 4.88 Å². The molecule has 0 bridgehead atoms. The van der Waals surface area contributed by atoms with Crippen molar-refractivity contribution in [2.24, 2.45) is 0 Å². The fourth-order valence-electron chi connectivity index (χ4n) is 1.57. The second kappa shape index (κ2) is 6.86. The average Bonchev–Trinajstić information content (AvgIpc) is 2.97. The van der Waals surface area contributed by atoms with Gasteiger partial charge < -0.3 is 9.84 Å². The van der Waals surface area contributed by atoms with Crippen LogP contribution in [-0.2, 0) is 21.4 Å². The number of thiophene rings is 1. The molecule has 0 aliphatic carbocycles. The summed E-state index contributed by atoms with van der Waals surface area (Å²) in [6.07, 6.45) is 0. The normalized spacial score (nSPS) is 11.3. The summed E-state index contributed by atoms with van der Waals surface area (Å²) in [4.78, 5) is 10.9. The topological polar surface area (TPSA) is 92.7 Å². The molecule has 0 saturated carbocycles. The summed E-state index contributed by atoms with van der Waals surface area (Å²) in [6.45, 7) is -0.599. The third kappa shape index (κ3) is 4.26. The van der Waals surface area contributed by atoms with Gasteiger partial charge in [-0.25, -0.2) is 22.3 Å². The van der Waals surface area contributed by atoms with Crippen molar-refractivity contribution in [1.82, 2.24) is 4.72 Å². The number of benzene rings is 1. The van der Waals surface area contributed by atoms with Crippen molar-refractivity contribution in [1.29, 1.82) is 0 Å². The van der Waals surface area contributed by atoms with Gasteiger partial charge in [0.1, 0.15) is 0 Å². The number of carboxylic acids is 1. The molecule has 1 aromatic carbocycles. The van der Waals surface area contributed by atoms with Crippen LogP contribution in [0.15, 0.2) is 40.6 Å². The predicted molar refractivity (Wildman–Crippen MR) is 77.9 cm³/mol. The molecule has 0 saturated heterocycles. The van der Waals surface area contributed by atoms with E-state index in [1.54, 1.807) is 12.1 Å². The highest BCUT2D eigenvalue weighted by Gasteiger charge is 2.17. The number of aliphatic carboxylic acids is 1. The van der Waals surface area contributed by atoms with Gasteiger partial charge in [0.15, 0.2) is 18.2 Å². The first-order valence-corrected chi connectivity index (χ1v) is 8.41. The summed E-state index contributed by atoms with van der Waals surface area (Å²) in [5, 5.41) is 10.3. The van der Waals surface area contributed by atoms with Crippen LogP contribution in [-0.4, -0.2) is 26.1 Å². The number of hydrogen-bond acceptors (Lipinski definition) is 5. The van der Waals surface area contributed by atoms with E-state index in [1.165, 1.54) is 11.3 Å². The maximum Gasteiger partial charge on any atom is 0.341 e. The van der Waals surface area contributed by atoms with Crippen molar-refractivity contribution < 1.29 is 27.4 Å². The van der Waals surface area contributed by atoms with Crippen LogP contribution in [0.2, 0.25) is 0 Å². The Hall–Kier alpha value is -1.97. The monoisotopic (exact) mass is 345 g/mol. The first kappa shape index (κ1) is 16.4. The van der Waals surface area contributed by atoms with E-state index in [9.17, 15) is 17.6 Å². The highest BCUT2D eigenvalue weighted by Crippen LogP contribution is 2.21. The minimum Gasteiger partial charge on any atom is -0.479 e. The van der Waals surface area contributed by atoms with Crippen molar-refractivity contribution in [3.8, 4) is 5.75 Å². The lowest BCUT2D eigenvalue weighted by atomic mass is 10.3. The molecule has 0 atom stereocenters. The molecule has 0 fully saturated rings. The molecule has 0 unspecified atom stereocenters. The van der Waals surface area contributed by atoms with Crippen LogP contribution in [0.5, 0.6) is 5.75 Å². The maximum atomic E-state index is 13.7. The Morgan fingerprint density at radius 2 is 2.14 bits per heavy atom. The quantitative estimate of drug-likeness (QED) is 0.799. The van der Waals surface area contributed by atoms with Gasteiger partial charge in [-0.15, -0.1) is 11.3 Å². The Bertz CT molecular complexity index is 759. The molecule has 1 aromatic heterocycles. The van der Waals surface area contributed by atoms with Crippen LogP contribution in [0.25, 0.3) is 0 Å². The number of nitrogens with one attached hydrogen (secondary N) is 1. The summed E-state index contributed by atoms with van der Waals surface area (Å²) in [6, 6.07) is 6.59. The van der Waals surface area contributed by atoms with Crippen molar-refractivity contribution in [2.45, 2.75) is 11.4 Å². The van der Waals surface area contributed by atoms with Gasteiger partial charge in [0.25, 0.3) is 0 Å². The van der Waals surface area contributed by atoms with Crippen molar-refractivity contribution >= 4 is 27.3 Å². The maximum absolute atomic E-state index is 13.7. The smallest absolute Gasteiger partial charge is 0.341 e. The molecule has 0 aliphatic heterocycles. The Morgan fingerprint density at radius 3 is 2.73 bits per heavy atom. The zero-order valence-corrected chi connectivity index (χ0v) is 12.8. The fourth-order valence-corrected chi connectivity index (χ4v) is 3.32. The number of hydrogen-bond donors (Lipinski definition) is 2. The third-order valence-corrected chi connectivity index (χ3v) is 4.86. The van der Waals surface area contributed by atoms with E-state index >= 15 is 0 Å². The molecular formula is C13H12FNO5S2. The first-order valence-electron chi connectivity index (χ1n) is 6.04. The molecule has 0 amide bonds. The minimum atomic E-state index is -3.86. The zero-order valence-electron chi connectivity index (χ0n) is 11.2. The zero-order chi connectivity index (χ0) is 16.2. The molecule has 6 nitrogen and oxygen atoms in total. The molecule has 118 valence electrons. The van der Waals surface area contributed by atoms with Crippen molar-refractivity contribution in [3.63, 3.8) is 0 Å². The Balaban J connectivity index is 2.10.